The monoisotopic (exact) mass is 437 g/mol. The lowest BCUT2D eigenvalue weighted by Gasteiger charge is -2.09. The smallest absolute Gasteiger partial charge is 0.276 e. The molecule has 0 radical (unpaired) electrons. The van der Waals surface area contributed by atoms with Crippen molar-refractivity contribution in [2.45, 2.75) is 20.4 Å². The van der Waals surface area contributed by atoms with Gasteiger partial charge in [-0.15, -0.1) is 0 Å². The standard InChI is InChI=1S/C24H24ClN3O3/c1-17(2)16-31-21-9-4-6-18(13-21)14-26-27-23(29)22-10-5-11-28(24(22)30)15-19-7-3-8-20(25)12-19/h3-14,17H,15-16H2,1-2H3,(H,27,29)/b26-14-. The fourth-order valence-corrected chi connectivity index (χ4v) is 3.05. The van der Waals surface area contributed by atoms with Gasteiger partial charge >= 0.3 is 0 Å². The lowest BCUT2D eigenvalue weighted by molar-refractivity contribution is 0.0953. The van der Waals surface area contributed by atoms with Crippen molar-refractivity contribution in [3.8, 4) is 5.75 Å². The summed E-state index contributed by atoms with van der Waals surface area (Å²) in [6.07, 6.45) is 3.14. The van der Waals surface area contributed by atoms with Crippen LogP contribution >= 0.6 is 11.6 Å². The Morgan fingerprint density at radius 1 is 1.16 bits per heavy atom. The average molecular weight is 438 g/mol. The van der Waals surface area contributed by atoms with Crippen LogP contribution in [0.3, 0.4) is 0 Å². The van der Waals surface area contributed by atoms with Crippen molar-refractivity contribution < 1.29 is 9.53 Å². The number of nitrogens with zero attached hydrogens (tertiary/aromatic N) is 2. The van der Waals surface area contributed by atoms with Crippen molar-refractivity contribution in [1.82, 2.24) is 9.99 Å². The second-order valence-electron chi connectivity index (χ2n) is 7.46. The molecule has 1 amide bonds. The summed E-state index contributed by atoms with van der Waals surface area (Å²) in [6.45, 7) is 5.08. The number of carbonyl (C=O) groups excluding carboxylic acids is 1. The number of hydrazone groups is 1. The van der Waals surface area contributed by atoms with Gasteiger partial charge in [-0.2, -0.15) is 5.10 Å². The second kappa shape index (κ2) is 10.6. The van der Waals surface area contributed by atoms with Gasteiger partial charge in [-0.1, -0.05) is 49.7 Å². The molecule has 2 aromatic carbocycles. The van der Waals surface area contributed by atoms with E-state index in [1.54, 1.807) is 24.4 Å². The zero-order valence-corrected chi connectivity index (χ0v) is 18.2. The fourth-order valence-electron chi connectivity index (χ4n) is 2.84. The molecule has 0 saturated heterocycles. The zero-order valence-electron chi connectivity index (χ0n) is 17.4. The van der Waals surface area contributed by atoms with Crippen LogP contribution in [0.4, 0.5) is 0 Å². The summed E-state index contributed by atoms with van der Waals surface area (Å²) in [4.78, 5) is 25.2. The molecule has 7 heteroatoms. The SMILES string of the molecule is CC(C)COc1cccc(/C=N\NC(=O)c2cccn(Cc3cccc(Cl)c3)c2=O)c1. The number of halogens is 1. The first kappa shape index (κ1) is 22.3. The van der Waals surface area contributed by atoms with Gasteiger partial charge in [0.15, 0.2) is 0 Å². The summed E-state index contributed by atoms with van der Waals surface area (Å²) >= 11 is 6.01. The van der Waals surface area contributed by atoms with E-state index in [0.29, 0.717) is 24.1 Å². The van der Waals surface area contributed by atoms with E-state index in [2.05, 4.69) is 24.4 Å². The van der Waals surface area contributed by atoms with Gasteiger partial charge in [-0.05, 0) is 53.4 Å². The van der Waals surface area contributed by atoms with Crippen molar-refractivity contribution >= 4 is 23.7 Å². The van der Waals surface area contributed by atoms with Gasteiger partial charge in [0.05, 0.1) is 19.4 Å². The summed E-state index contributed by atoms with van der Waals surface area (Å²) in [5.74, 6) is 0.579. The van der Waals surface area contributed by atoms with Gasteiger partial charge in [0.1, 0.15) is 11.3 Å². The predicted octanol–water partition coefficient (Wildman–Crippen LogP) is 4.35. The number of rotatable bonds is 8. The maximum Gasteiger partial charge on any atom is 0.276 e. The largest absolute Gasteiger partial charge is 0.493 e. The van der Waals surface area contributed by atoms with Gasteiger partial charge in [0, 0.05) is 11.2 Å². The minimum absolute atomic E-state index is 0.00990. The van der Waals surface area contributed by atoms with Crippen LogP contribution in [0.2, 0.25) is 5.02 Å². The number of hydrogen-bond donors (Lipinski definition) is 1. The lowest BCUT2D eigenvalue weighted by atomic mass is 10.2. The number of aromatic nitrogens is 1. The molecule has 0 saturated carbocycles. The normalized spacial score (nSPS) is 11.1. The van der Waals surface area contributed by atoms with Crippen LogP contribution in [-0.2, 0) is 6.54 Å². The molecular formula is C24H24ClN3O3. The maximum absolute atomic E-state index is 12.7. The van der Waals surface area contributed by atoms with E-state index in [0.717, 1.165) is 16.9 Å². The highest BCUT2D eigenvalue weighted by molar-refractivity contribution is 6.30. The van der Waals surface area contributed by atoms with Crippen LogP contribution < -0.4 is 15.7 Å². The summed E-state index contributed by atoms with van der Waals surface area (Å²) in [6, 6.07) is 17.8. The Morgan fingerprint density at radius 2 is 1.97 bits per heavy atom. The van der Waals surface area contributed by atoms with Crippen LogP contribution in [0.25, 0.3) is 0 Å². The Hall–Kier alpha value is -3.38. The molecule has 0 atom stereocenters. The zero-order chi connectivity index (χ0) is 22.2. The van der Waals surface area contributed by atoms with Crippen LogP contribution in [0, 0.1) is 5.92 Å². The molecule has 0 bridgehead atoms. The quantitative estimate of drug-likeness (QED) is 0.420. The molecule has 1 N–H and O–H groups in total. The fraction of sp³-hybridized carbons (Fsp3) is 0.208. The first-order chi connectivity index (χ1) is 14.9. The highest BCUT2D eigenvalue weighted by atomic mass is 35.5. The third-order valence-corrected chi connectivity index (χ3v) is 4.56. The highest BCUT2D eigenvalue weighted by Crippen LogP contribution is 2.13. The highest BCUT2D eigenvalue weighted by Gasteiger charge is 2.11. The molecule has 6 nitrogen and oxygen atoms in total. The molecule has 31 heavy (non-hydrogen) atoms. The maximum atomic E-state index is 12.7. The summed E-state index contributed by atoms with van der Waals surface area (Å²) in [5, 5.41) is 4.57. The van der Waals surface area contributed by atoms with E-state index in [1.165, 1.54) is 16.8 Å². The van der Waals surface area contributed by atoms with E-state index in [1.807, 2.05) is 36.4 Å². The molecule has 3 aromatic rings. The van der Waals surface area contributed by atoms with E-state index in [-0.39, 0.29) is 5.56 Å². The average Bonchev–Trinajstić information content (AvgIpc) is 2.74. The molecule has 1 heterocycles. The number of carbonyl (C=O) groups is 1. The van der Waals surface area contributed by atoms with E-state index < -0.39 is 11.5 Å². The Labute approximate surface area is 186 Å². The van der Waals surface area contributed by atoms with E-state index >= 15 is 0 Å². The summed E-state index contributed by atoms with van der Waals surface area (Å²) in [7, 11) is 0. The number of pyridine rings is 1. The number of amides is 1. The van der Waals surface area contributed by atoms with E-state index in [9.17, 15) is 9.59 Å². The number of nitrogens with one attached hydrogen (secondary N) is 1. The van der Waals surface area contributed by atoms with Gasteiger partial charge in [-0.3, -0.25) is 9.59 Å². The first-order valence-corrected chi connectivity index (χ1v) is 10.3. The second-order valence-corrected chi connectivity index (χ2v) is 7.90. The Morgan fingerprint density at radius 3 is 2.74 bits per heavy atom. The van der Waals surface area contributed by atoms with Crippen LogP contribution in [0.1, 0.15) is 35.3 Å². The van der Waals surface area contributed by atoms with Crippen molar-refractivity contribution in [3.05, 3.63) is 98.9 Å². The first-order valence-electron chi connectivity index (χ1n) is 9.92. The van der Waals surface area contributed by atoms with Crippen molar-refractivity contribution in [2.75, 3.05) is 6.61 Å². The van der Waals surface area contributed by atoms with Gasteiger partial charge in [-0.25, -0.2) is 5.43 Å². The summed E-state index contributed by atoms with van der Waals surface area (Å²) < 4.78 is 7.15. The number of ether oxygens (including phenoxy) is 1. The molecular weight excluding hydrogens is 414 g/mol. The Bertz CT molecular complexity index is 1140. The molecule has 3 rings (SSSR count). The van der Waals surface area contributed by atoms with Crippen molar-refractivity contribution in [3.63, 3.8) is 0 Å². The summed E-state index contributed by atoms with van der Waals surface area (Å²) in [5.41, 5.74) is 3.66. The van der Waals surface area contributed by atoms with Gasteiger partial charge in [0.2, 0.25) is 0 Å². The van der Waals surface area contributed by atoms with Crippen molar-refractivity contribution in [1.29, 1.82) is 0 Å². The molecule has 160 valence electrons. The molecule has 0 fully saturated rings. The molecule has 0 unspecified atom stereocenters. The van der Waals surface area contributed by atoms with Crippen LogP contribution in [0.5, 0.6) is 5.75 Å². The van der Waals surface area contributed by atoms with Crippen LogP contribution in [0.15, 0.2) is 76.8 Å². The van der Waals surface area contributed by atoms with Crippen LogP contribution in [-0.4, -0.2) is 23.3 Å². The lowest BCUT2D eigenvalue weighted by Crippen LogP contribution is -2.30. The third kappa shape index (κ3) is 6.55. The van der Waals surface area contributed by atoms with Crippen molar-refractivity contribution in [2.24, 2.45) is 11.0 Å². The number of benzene rings is 2. The van der Waals surface area contributed by atoms with Gasteiger partial charge < -0.3 is 9.30 Å². The minimum Gasteiger partial charge on any atom is -0.493 e. The Balaban J connectivity index is 1.67. The van der Waals surface area contributed by atoms with Gasteiger partial charge in [0.25, 0.3) is 11.5 Å². The molecule has 0 aliphatic carbocycles. The molecule has 0 spiro atoms. The molecule has 0 aliphatic rings. The molecule has 1 aromatic heterocycles. The van der Waals surface area contributed by atoms with E-state index in [4.69, 9.17) is 16.3 Å². The molecule has 0 aliphatic heterocycles. The topological polar surface area (TPSA) is 72.7 Å². The predicted molar refractivity (Wildman–Crippen MR) is 123 cm³/mol. The third-order valence-electron chi connectivity index (χ3n) is 4.33. The Kier molecular flexibility index (Phi) is 7.62. The minimum atomic E-state index is -0.575. The number of hydrogen-bond acceptors (Lipinski definition) is 4.